The fourth-order valence-corrected chi connectivity index (χ4v) is 5.91. The number of aliphatic hydroxyl groups excluding tert-OH is 2. The minimum Gasteiger partial charge on any atom is -0.462 e. The van der Waals surface area contributed by atoms with Gasteiger partial charge in [0.25, 0.3) is 0 Å². The molecule has 0 bridgehead atoms. The lowest BCUT2D eigenvalue weighted by molar-refractivity contribution is -0.161. The standard InChI is InChI=1S/C38H68O14P2/c1-4-5-19-25-34(39)26-21-16-11-9-7-6-8-10-12-18-23-28-38(42)52-36(31-48-37(41)27-22-17-14-13-15-20-24-33(2)3)32-51-54(46,47)50-30-35(40)29-49-53(43,44)45/h6-7,10-12,16,21,26,33-36,39-40H,4-5,8-9,13-15,17-20,22-25,27-32H2,1-3H3,(H,46,47)(H2,43,44,45)/b7-6-,12-10-,16-11-,26-21+/t34-,35-,36+/m0/s1. The summed E-state index contributed by atoms with van der Waals surface area (Å²) in [7, 11) is -9.69. The van der Waals surface area contributed by atoms with Crippen molar-refractivity contribution in [1.82, 2.24) is 0 Å². The molecule has 0 fully saturated rings. The molecule has 1 unspecified atom stereocenters. The van der Waals surface area contributed by atoms with Crippen LogP contribution in [-0.2, 0) is 41.8 Å². The van der Waals surface area contributed by atoms with E-state index in [0.29, 0.717) is 25.2 Å². The van der Waals surface area contributed by atoms with E-state index in [9.17, 15) is 33.8 Å². The lowest BCUT2D eigenvalue weighted by atomic mass is 10.0. The summed E-state index contributed by atoms with van der Waals surface area (Å²) >= 11 is 0. The Kier molecular flexibility index (Phi) is 32.0. The largest absolute Gasteiger partial charge is 0.472 e. The smallest absolute Gasteiger partial charge is 0.462 e. The Balaban J connectivity index is 4.72. The van der Waals surface area contributed by atoms with Crippen molar-refractivity contribution in [3.63, 3.8) is 0 Å². The zero-order valence-corrected chi connectivity index (χ0v) is 34.4. The maximum absolute atomic E-state index is 12.6. The first kappa shape index (κ1) is 52.0. The lowest BCUT2D eigenvalue weighted by Gasteiger charge is -2.20. The van der Waals surface area contributed by atoms with E-state index < -0.39 is 72.3 Å². The molecule has 4 atom stereocenters. The predicted molar refractivity (Wildman–Crippen MR) is 208 cm³/mol. The van der Waals surface area contributed by atoms with E-state index in [-0.39, 0.29) is 12.8 Å². The van der Waals surface area contributed by atoms with Crippen molar-refractivity contribution >= 4 is 27.6 Å². The summed E-state index contributed by atoms with van der Waals surface area (Å²) in [6.45, 7) is 3.73. The summed E-state index contributed by atoms with van der Waals surface area (Å²) in [6.07, 6.45) is 26.3. The zero-order chi connectivity index (χ0) is 40.5. The second-order valence-corrected chi connectivity index (χ2v) is 16.2. The molecule has 0 aromatic carbocycles. The quantitative estimate of drug-likeness (QED) is 0.0135. The Morgan fingerprint density at radius 3 is 1.93 bits per heavy atom. The van der Waals surface area contributed by atoms with Gasteiger partial charge in [0, 0.05) is 12.8 Å². The fraction of sp³-hybridized carbons (Fsp3) is 0.737. The molecule has 16 heteroatoms. The van der Waals surface area contributed by atoms with E-state index in [2.05, 4.69) is 29.8 Å². The summed E-state index contributed by atoms with van der Waals surface area (Å²) in [6, 6.07) is 0. The van der Waals surface area contributed by atoms with Crippen molar-refractivity contribution in [3.05, 3.63) is 48.6 Å². The Bertz CT molecular complexity index is 1180. The average Bonchev–Trinajstić information content (AvgIpc) is 3.10. The normalized spacial score (nSPS) is 15.4. The van der Waals surface area contributed by atoms with Gasteiger partial charge in [-0.3, -0.25) is 23.2 Å². The number of phosphoric ester groups is 2. The molecule has 0 radical (unpaired) electrons. The van der Waals surface area contributed by atoms with Crippen molar-refractivity contribution in [2.75, 3.05) is 26.4 Å². The van der Waals surface area contributed by atoms with E-state index in [1.165, 1.54) is 12.8 Å². The Morgan fingerprint density at radius 2 is 1.24 bits per heavy atom. The molecule has 5 N–H and O–H groups in total. The van der Waals surface area contributed by atoms with Crippen molar-refractivity contribution < 1.29 is 66.7 Å². The van der Waals surface area contributed by atoms with Gasteiger partial charge in [-0.1, -0.05) is 127 Å². The monoisotopic (exact) mass is 810 g/mol. The van der Waals surface area contributed by atoms with E-state index in [0.717, 1.165) is 64.2 Å². The third-order valence-electron chi connectivity index (χ3n) is 7.74. The van der Waals surface area contributed by atoms with E-state index in [4.69, 9.17) is 23.8 Å². The van der Waals surface area contributed by atoms with Crippen LogP contribution in [0.3, 0.4) is 0 Å². The molecule has 0 spiro atoms. The number of allylic oxidation sites excluding steroid dienone is 7. The highest BCUT2D eigenvalue weighted by Crippen LogP contribution is 2.43. The molecule has 0 aromatic heterocycles. The predicted octanol–water partition coefficient (Wildman–Crippen LogP) is 7.94. The second kappa shape index (κ2) is 33.2. The maximum Gasteiger partial charge on any atom is 0.472 e. The summed E-state index contributed by atoms with van der Waals surface area (Å²) in [5, 5.41) is 19.6. The van der Waals surface area contributed by atoms with E-state index in [1.807, 2.05) is 42.5 Å². The minimum absolute atomic E-state index is 0.0342. The van der Waals surface area contributed by atoms with Gasteiger partial charge in [-0.15, -0.1) is 0 Å². The highest BCUT2D eigenvalue weighted by molar-refractivity contribution is 7.47. The zero-order valence-electron chi connectivity index (χ0n) is 32.6. The molecule has 314 valence electrons. The number of phosphoric acid groups is 2. The first-order valence-corrected chi connectivity index (χ1v) is 22.3. The van der Waals surface area contributed by atoms with Gasteiger partial charge in [-0.05, 0) is 44.4 Å². The highest BCUT2D eigenvalue weighted by Gasteiger charge is 2.28. The molecular weight excluding hydrogens is 742 g/mol. The molecule has 0 saturated carbocycles. The van der Waals surface area contributed by atoms with Gasteiger partial charge in [0.05, 0.1) is 25.9 Å². The number of carbonyl (C=O) groups is 2. The van der Waals surface area contributed by atoms with Crippen LogP contribution in [0.4, 0.5) is 0 Å². The molecule has 0 heterocycles. The van der Waals surface area contributed by atoms with Crippen LogP contribution in [0.5, 0.6) is 0 Å². The van der Waals surface area contributed by atoms with Gasteiger partial charge < -0.3 is 34.4 Å². The van der Waals surface area contributed by atoms with Crippen LogP contribution in [-0.4, -0.2) is 81.6 Å². The van der Waals surface area contributed by atoms with Crippen LogP contribution < -0.4 is 0 Å². The highest BCUT2D eigenvalue weighted by atomic mass is 31.2. The molecule has 0 aliphatic rings. The first-order chi connectivity index (χ1) is 25.6. The Morgan fingerprint density at radius 1 is 0.648 bits per heavy atom. The van der Waals surface area contributed by atoms with Crippen LogP contribution in [0.25, 0.3) is 0 Å². The Labute approximate surface area is 322 Å². The number of hydrogen-bond donors (Lipinski definition) is 5. The topological polar surface area (TPSA) is 216 Å². The van der Waals surface area contributed by atoms with Crippen molar-refractivity contribution in [1.29, 1.82) is 0 Å². The molecule has 54 heavy (non-hydrogen) atoms. The molecule has 0 aromatic rings. The summed E-state index contributed by atoms with van der Waals surface area (Å²) in [5.41, 5.74) is 0. The van der Waals surface area contributed by atoms with E-state index in [1.54, 1.807) is 6.08 Å². The molecule has 0 saturated heterocycles. The van der Waals surface area contributed by atoms with E-state index >= 15 is 0 Å². The number of hydrogen-bond acceptors (Lipinski definition) is 11. The molecule has 0 aliphatic carbocycles. The van der Waals surface area contributed by atoms with Crippen LogP contribution in [0.2, 0.25) is 0 Å². The van der Waals surface area contributed by atoms with Crippen LogP contribution in [0.1, 0.15) is 130 Å². The summed E-state index contributed by atoms with van der Waals surface area (Å²) in [5.74, 6) is -0.443. The van der Waals surface area contributed by atoms with Gasteiger partial charge in [-0.25, -0.2) is 9.13 Å². The molecule has 0 amide bonds. The summed E-state index contributed by atoms with van der Waals surface area (Å²) in [4.78, 5) is 52.4. The SMILES string of the molecule is CCCCC[C@H](O)/C=C/C=C\C/C=C\C/C=C\CCCC(=O)O[C@H](COC(=O)CCCCCCCCC(C)C)COP(=O)(O)OC[C@@H](O)COP(=O)(O)O. The number of carbonyl (C=O) groups excluding carboxylic acids is 2. The van der Waals surface area contributed by atoms with Crippen molar-refractivity contribution in [3.8, 4) is 0 Å². The minimum atomic E-state index is -4.87. The maximum atomic E-state index is 12.6. The van der Waals surface area contributed by atoms with Gasteiger partial charge in [-0.2, -0.15) is 0 Å². The Hall–Kier alpha value is -1.96. The fourth-order valence-electron chi connectivity index (χ4n) is 4.75. The number of esters is 2. The molecular formula is C38H68O14P2. The second-order valence-electron chi connectivity index (χ2n) is 13.5. The van der Waals surface area contributed by atoms with Gasteiger partial charge >= 0.3 is 27.6 Å². The third kappa shape index (κ3) is 37.0. The van der Waals surface area contributed by atoms with Crippen LogP contribution >= 0.6 is 15.6 Å². The average molecular weight is 811 g/mol. The number of rotatable bonds is 35. The molecule has 0 rings (SSSR count). The first-order valence-electron chi connectivity index (χ1n) is 19.3. The van der Waals surface area contributed by atoms with Crippen LogP contribution in [0.15, 0.2) is 48.6 Å². The summed E-state index contributed by atoms with van der Waals surface area (Å²) < 4.78 is 47.4. The number of aliphatic hydroxyl groups is 2. The molecule has 14 nitrogen and oxygen atoms in total. The third-order valence-corrected chi connectivity index (χ3v) is 9.18. The van der Waals surface area contributed by atoms with Gasteiger partial charge in [0.15, 0.2) is 6.10 Å². The van der Waals surface area contributed by atoms with Gasteiger partial charge in [0.2, 0.25) is 0 Å². The lowest BCUT2D eigenvalue weighted by Crippen LogP contribution is -2.29. The van der Waals surface area contributed by atoms with Crippen molar-refractivity contribution in [2.24, 2.45) is 5.92 Å². The van der Waals surface area contributed by atoms with Crippen LogP contribution in [0, 0.1) is 5.92 Å². The number of ether oxygens (including phenoxy) is 2. The van der Waals surface area contributed by atoms with Gasteiger partial charge in [0.1, 0.15) is 12.7 Å². The van der Waals surface area contributed by atoms with Crippen molar-refractivity contribution in [2.45, 2.75) is 148 Å². The molecule has 0 aliphatic heterocycles. The number of unbranched alkanes of at least 4 members (excludes halogenated alkanes) is 8.